The minimum atomic E-state index is -1.16. The highest BCUT2D eigenvalue weighted by molar-refractivity contribution is 14.1. The summed E-state index contributed by atoms with van der Waals surface area (Å²) in [6.45, 7) is 1.32. The molecule has 1 saturated heterocycles. The lowest BCUT2D eigenvalue weighted by Gasteiger charge is -2.47. The van der Waals surface area contributed by atoms with Gasteiger partial charge in [-0.15, -0.1) is 0 Å². The monoisotopic (exact) mass is 550 g/mol. The van der Waals surface area contributed by atoms with Crippen LogP contribution in [-0.4, -0.2) is 43.8 Å². The number of hydrogen-bond acceptors (Lipinski definition) is 6. The van der Waals surface area contributed by atoms with Crippen LogP contribution in [0.1, 0.15) is 24.2 Å². The number of benzene rings is 2. The Morgan fingerprint density at radius 1 is 1.16 bits per heavy atom. The Balaban J connectivity index is 1.91. The minimum absolute atomic E-state index is 0.329. The number of alkyl halides is 1. The number of hydrogen-bond donors (Lipinski definition) is 0. The minimum Gasteiger partial charge on any atom is -0.450 e. The molecule has 1 amide bonds. The largest absolute Gasteiger partial charge is 0.450 e. The van der Waals surface area contributed by atoms with Crippen molar-refractivity contribution in [1.29, 1.82) is 0 Å². The van der Waals surface area contributed by atoms with Crippen molar-refractivity contribution < 1.29 is 19.1 Å². The summed E-state index contributed by atoms with van der Waals surface area (Å²) in [5.74, 6) is -1.20. The number of likely N-dealkylation sites (tertiary alicyclic amines) is 1. The highest BCUT2D eigenvalue weighted by Gasteiger charge is 2.52. The molecule has 8 nitrogen and oxygen atoms in total. The van der Waals surface area contributed by atoms with Crippen LogP contribution in [0, 0.1) is 0 Å². The highest BCUT2D eigenvalue weighted by atomic mass is 127. The predicted octanol–water partition coefficient (Wildman–Crippen LogP) is 4.25. The van der Waals surface area contributed by atoms with Gasteiger partial charge in [-0.25, -0.2) is 4.79 Å². The Morgan fingerprint density at radius 3 is 2.16 bits per heavy atom. The second kappa shape index (κ2) is 10.7. The third-order valence-electron chi connectivity index (χ3n) is 4.73. The van der Waals surface area contributed by atoms with Gasteiger partial charge in [0.05, 0.1) is 6.04 Å². The van der Waals surface area contributed by atoms with E-state index < -0.39 is 35.4 Å². The molecule has 0 radical (unpaired) electrons. The molecule has 0 saturated carbocycles. The van der Waals surface area contributed by atoms with Crippen molar-refractivity contribution in [2.75, 3.05) is 4.43 Å². The zero-order valence-corrected chi connectivity index (χ0v) is 19.5. The first-order valence-corrected chi connectivity index (χ1v) is 11.8. The predicted molar refractivity (Wildman–Crippen MR) is 125 cm³/mol. The van der Waals surface area contributed by atoms with Crippen LogP contribution in [0.25, 0.3) is 10.4 Å². The van der Waals surface area contributed by atoms with Gasteiger partial charge in [0.2, 0.25) is 5.91 Å². The lowest BCUT2D eigenvalue weighted by Crippen LogP contribution is -2.68. The van der Waals surface area contributed by atoms with Gasteiger partial charge in [-0.1, -0.05) is 100 Å². The maximum Gasteiger partial charge on any atom is 0.340 e. The quantitative estimate of drug-likeness (QED) is 0.0928. The molecule has 160 valence electrons. The van der Waals surface area contributed by atoms with Crippen LogP contribution in [0.3, 0.4) is 0 Å². The van der Waals surface area contributed by atoms with Crippen molar-refractivity contribution in [3.63, 3.8) is 0 Å². The summed E-state index contributed by atoms with van der Waals surface area (Å²) in [5.41, 5.74) is 10.2. The summed E-state index contributed by atoms with van der Waals surface area (Å²) in [6, 6.07) is 17.1. The number of halogens is 1. The fourth-order valence-corrected chi connectivity index (χ4v) is 5.06. The van der Waals surface area contributed by atoms with E-state index in [4.69, 9.17) is 10.3 Å². The number of carbonyl (C=O) groups is 3. The Morgan fingerprint density at radius 2 is 1.71 bits per heavy atom. The Kier molecular flexibility index (Phi) is 7.94. The maximum atomic E-state index is 13.2. The normalized spacial score (nSPS) is 18.7. The van der Waals surface area contributed by atoms with Crippen molar-refractivity contribution >= 4 is 51.3 Å². The summed E-state index contributed by atoms with van der Waals surface area (Å²) < 4.78 is 6.31. The molecular formula is C21H19IN4O4S. The molecule has 0 N–H and O–H groups in total. The van der Waals surface area contributed by atoms with Gasteiger partial charge in [0.25, 0.3) is 0 Å². The summed E-state index contributed by atoms with van der Waals surface area (Å²) in [6.07, 6.45) is -0.702. The first kappa shape index (κ1) is 23.1. The van der Waals surface area contributed by atoms with Gasteiger partial charge >= 0.3 is 5.97 Å². The molecule has 3 rings (SSSR count). The van der Waals surface area contributed by atoms with Crippen molar-refractivity contribution in [1.82, 2.24) is 4.90 Å². The molecular weight excluding hydrogens is 531 g/mol. The fraction of sp³-hybridized carbons (Fsp3) is 0.286. The van der Waals surface area contributed by atoms with Crippen LogP contribution in [-0.2, 0) is 19.1 Å². The van der Waals surface area contributed by atoms with E-state index in [0.717, 1.165) is 22.9 Å². The number of amides is 1. The fourth-order valence-electron chi connectivity index (χ4n) is 3.32. The molecule has 0 bridgehead atoms. The number of azide groups is 1. The zero-order chi connectivity index (χ0) is 22.4. The molecule has 1 unspecified atom stereocenters. The van der Waals surface area contributed by atoms with E-state index in [2.05, 4.69) is 32.6 Å². The summed E-state index contributed by atoms with van der Waals surface area (Å²) in [4.78, 5) is 41.7. The molecule has 31 heavy (non-hydrogen) atoms. The van der Waals surface area contributed by atoms with Crippen LogP contribution in [0.15, 0.2) is 65.8 Å². The standard InChI is InChI=1S/C21H19IN4O4S/c1-13(27)31-20(26-16(12-22)17(19(26)28)24-25-23)21(29)30-18(14-8-4-2-5-9-14)15-10-6-3-7-11-15/h2-11,16-18,20H,12H2,1H3/t16-,17+,20?/m0/s1. The average molecular weight is 550 g/mol. The third-order valence-corrected chi connectivity index (χ3v) is 6.61. The number of thioether (sulfide) groups is 1. The Labute approximate surface area is 197 Å². The summed E-state index contributed by atoms with van der Waals surface area (Å²) in [7, 11) is 0. The smallest absolute Gasteiger partial charge is 0.340 e. The van der Waals surface area contributed by atoms with Crippen molar-refractivity contribution in [3.8, 4) is 0 Å². The molecule has 1 heterocycles. The van der Waals surface area contributed by atoms with Crippen LogP contribution in [0.2, 0.25) is 0 Å². The van der Waals surface area contributed by atoms with E-state index in [1.54, 1.807) is 0 Å². The highest BCUT2D eigenvalue weighted by Crippen LogP contribution is 2.35. The topological polar surface area (TPSA) is 112 Å². The summed E-state index contributed by atoms with van der Waals surface area (Å²) >= 11 is 2.78. The Bertz CT molecular complexity index is 961. The molecule has 2 aromatic rings. The van der Waals surface area contributed by atoms with Crippen molar-refractivity contribution in [2.24, 2.45) is 5.11 Å². The number of ether oxygens (including phenoxy) is 1. The molecule has 0 aliphatic carbocycles. The lowest BCUT2D eigenvalue weighted by molar-refractivity contribution is -0.163. The van der Waals surface area contributed by atoms with Gasteiger partial charge in [0, 0.05) is 16.3 Å². The van der Waals surface area contributed by atoms with Crippen molar-refractivity contribution in [3.05, 3.63) is 82.2 Å². The van der Waals surface area contributed by atoms with Gasteiger partial charge in [0.15, 0.2) is 16.6 Å². The molecule has 1 aliphatic heterocycles. The van der Waals surface area contributed by atoms with Gasteiger partial charge in [-0.05, 0) is 16.7 Å². The van der Waals surface area contributed by atoms with E-state index in [1.807, 2.05) is 60.7 Å². The molecule has 10 heteroatoms. The molecule has 0 spiro atoms. The number of β-lactam (4-membered cyclic amide) rings is 1. The van der Waals surface area contributed by atoms with Crippen molar-refractivity contribution in [2.45, 2.75) is 30.5 Å². The van der Waals surface area contributed by atoms with E-state index >= 15 is 0 Å². The third kappa shape index (κ3) is 5.20. The average Bonchev–Trinajstić information content (AvgIpc) is 2.78. The second-order valence-corrected chi connectivity index (χ2v) is 8.85. The maximum absolute atomic E-state index is 13.2. The molecule has 1 fully saturated rings. The lowest BCUT2D eigenvalue weighted by atomic mass is 9.97. The van der Waals surface area contributed by atoms with Crippen LogP contribution in [0.5, 0.6) is 0 Å². The van der Waals surface area contributed by atoms with Gasteiger partial charge in [-0.2, -0.15) is 0 Å². The number of nitrogens with zero attached hydrogens (tertiary/aromatic N) is 4. The van der Waals surface area contributed by atoms with Gasteiger partial charge in [-0.3, -0.25) is 9.59 Å². The number of esters is 1. The van der Waals surface area contributed by atoms with E-state index in [0.29, 0.717) is 4.43 Å². The van der Waals surface area contributed by atoms with E-state index in [1.165, 1.54) is 11.8 Å². The van der Waals surface area contributed by atoms with Crippen LogP contribution < -0.4 is 0 Å². The SMILES string of the molecule is CC(=O)SC(C(=O)OC(c1ccccc1)c1ccccc1)N1C(=O)[C@H](N=[N+]=[N-])[C@@H]1CI. The first-order chi connectivity index (χ1) is 15.0. The van der Waals surface area contributed by atoms with Gasteiger partial charge < -0.3 is 9.64 Å². The number of rotatable bonds is 8. The molecule has 0 aromatic heterocycles. The second-order valence-electron chi connectivity index (χ2n) is 6.72. The van der Waals surface area contributed by atoms with Crippen LogP contribution >= 0.6 is 34.4 Å². The van der Waals surface area contributed by atoms with Crippen LogP contribution in [0.4, 0.5) is 0 Å². The number of carbonyl (C=O) groups excluding carboxylic acids is 3. The molecule has 2 aromatic carbocycles. The zero-order valence-electron chi connectivity index (χ0n) is 16.5. The summed E-state index contributed by atoms with van der Waals surface area (Å²) in [5, 5.41) is 2.04. The van der Waals surface area contributed by atoms with E-state index in [9.17, 15) is 14.4 Å². The van der Waals surface area contributed by atoms with E-state index in [-0.39, 0.29) is 5.12 Å². The molecule has 3 atom stereocenters. The molecule has 1 aliphatic rings. The first-order valence-electron chi connectivity index (χ1n) is 9.38. The Hall–Kier alpha value is -2.56. The van der Waals surface area contributed by atoms with Gasteiger partial charge in [0.1, 0.15) is 6.04 Å².